The highest BCUT2D eigenvalue weighted by molar-refractivity contribution is 5.76. The number of aromatic nitrogens is 2. The number of carbonyl (C=O) groups is 1. The van der Waals surface area contributed by atoms with Crippen LogP contribution < -0.4 is 5.32 Å². The van der Waals surface area contributed by atoms with Gasteiger partial charge in [-0.05, 0) is 37.8 Å². The second-order valence-electron chi connectivity index (χ2n) is 7.67. The number of nitrogens with zero attached hydrogens (tertiary/aromatic N) is 2. The lowest BCUT2D eigenvalue weighted by Crippen LogP contribution is -2.31. The summed E-state index contributed by atoms with van der Waals surface area (Å²) < 4.78 is 1.92. The molecule has 2 aromatic rings. The molecule has 1 atom stereocenters. The Morgan fingerprint density at radius 2 is 1.92 bits per heavy atom. The van der Waals surface area contributed by atoms with Crippen LogP contribution in [0.4, 0.5) is 0 Å². The van der Waals surface area contributed by atoms with Crippen LogP contribution in [-0.4, -0.2) is 15.7 Å². The van der Waals surface area contributed by atoms with Crippen molar-refractivity contribution in [3.63, 3.8) is 0 Å². The van der Waals surface area contributed by atoms with Gasteiger partial charge in [0.2, 0.25) is 5.91 Å². The van der Waals surface area contributed by atoms with Crippen LogP contribution >= 0.6 is 0 Å². The predicted octanol–water partition coefficient (Wildman–Crippen LogP) is 4.72. The Morgan fingerprint density at radius 3 is 2.58 bits per heavy atom. The van der Waals surface area contributed by atoms with Gasteiger partial charge >= 0.3 is 0 Å². The van der Waals surface area contributed by atoms with Crippen molar-refractivity contribution >= 4 is 5.91 Å². The molecule has 1 aliphatic rings. The fraction of sp³-hybridized carbons (Fsp3) is 0.545. The molecule has 1 aromatic carbocycles. The van der Waals surface area contributed by atoms with E-state index in [1.807, 2.05) is 30.7 Å². The molecule has 1 amide bonds. The van der Waals surface area contributed by atoms with Gasteiger partial charge in [-0.2, -0.15) is 5.10 Å². The van der Waals surface area contributed by atoms with E-state index in [0.29, 0.717) is 13.0 Å². The number of amides is 1. The summed E-state index contributed by atoms with van der Waals surface area (Å²) in [6.45, 7) is 4.66. The average Bonchev–Trinajstić information content (AvgIpc) is 2.98. The Morgan fingerprint density at radius 1 is 1.19 bits per heavy atom. The molecule has 26 heavy (non-hydrogen) atoms. The average molecular weight is 354 g/mol. The fourth-order valence-corrected chi connectivity index (χ4v) is 4.10. The lowest BCUT2D eigenvalue weighted by Gasteiger charge is -2.27. The monoisotopic (exact) mass is 353 g/mol. The molecule has 0 spiro atoms. The lowest BCUT2D eigenvalue weighted by atomic mass is 9.83. The predicted molar refractivity (Wildman–Crippen MR) is 105 cm³/mol. The van der Waals surface area contributed by atoms with Crippen LogP contribution in [0.25, 0.3) is 0 Å². The summed E-state index contributed by atoms with van der Waals surface area (Å²) in [6.07, 6.45) is 8.14. The summed E-state index contributed by atoms with van der Waals surface area (Å²) >= 11 is 0. The van der Waals surface area contributed by atoms with E-state index < -0.39 is 0 Å². The third-order valence-electron chi connectivity index (χ3n) is 5.48. The topological polar surface area (TPSA) is 46.9 Å². The molecule has 0 saturated heterocycles. The van der Waals surface area contributed by atoms with E-state index in [-0.39, 0.29) is 11.9 Å². The van der Waals surface area contributed by atoms with Gasteiger partial charge in [0.15, 0.2) is 0 Å². The molecule has 3 rings (SSSR count). The van der Waals surface area contributed by atoms with Crippen molar-refractivity contribution in [2.75, 3.05) is 0 Å². The van der Waals surface area contributed by atoms with E-state index in [0.717, 1.165) is 23.7 Å². The maximum atomic E-state index is 12.6. The number of carbonyl (C=O) groups excluding carboxylic acids is 1. The van der Waals surface area contributed by atoms with Crippen molar-refractivity contribution in [3.8, 4) is 0 Å². The Balaban J connectivity index is 1.60. The molecule has 140 valence electrons. The van der Waals surface area contributed by atoms with E-state index in [1.54, 1.807) is 0 Å². The first-order chi connectivity index (χ1) is 12.6. The number of benzene rings is 1. The highest BCUT2D eigenvalue weighted by Crippen LogP contribution is 2.32. The molecule has 0 bridgehead atoms. The number of hydrogen-bond acceptors (Lipinski definition) is 2. The third-order valence-corrected chi connectivity index (χ3v) is 5.48. The summed E-state index contributed by atoms with van der Waals surface area (Å²) in [7, 11) is 0. The Bertz CT molecular complexity index is 701. The molecule has 1 unspecified atom stereocenters. The van der Waals surface area contributed by atoms with Crippen LogP contribution in [0, 0.1) is 19.8 Å². The Kier molecular flexibility index (Phi) is 6.48. The van der Waals surface area contributed by atoms with Crippen LogP contribution in [-0.2, 0) is 11.3 Å². The molecule has 1 N–H and O–H groups in total. The fourth-order valence-electron chi connectivity index (χ4n) is 4.10. The molecule has 1 fully saturated rings. The zero-order valence-electron chi connectivity index (χ0n) is 16.1. The lowest BCUT2D eigenvalue weighted by molar-refractivity contribution is -0.122. The van der Waals surface area contributed by atoms with Gasteiger partial charge in [-0.1, -0.05) is 62.4 Å². The Hall–Kier alpha value is -2.10. The molecule has 4 nitrogen and oxygen atoms in total. The molecular formula is C22H31N3O. The normalized spacial score (nSPS) is 16.4. The first kappa shape index (κ1) is 18.7. The third kappa shape index (κ3) is 5.20. The van der Waals surface area contributed by atoms with Crippen LogP contribution in [0.3, 0.4) is 0 Å². The van der Waals surface area contributed by atoms with Crippen molar-refractivity contribution in [3.05, 3.63) is 53.3 Å². The second kappa shape index (κ2) is 9.02. The van der Waals surface area contributed by atoms with E-state index >= 15 is 0 Å². The first-order valence-corrected chi connectivity index (χ1v) is 9.97. The van der Waals surface area contributed by atoms with E-state index in [4.69, 9.17) is 0 Å². The molecule has 1 heterocycles. The first-order valence-electron chi connectivity index (χ1n) is 9.97. The molecule has 4 heteroatoms. The summed E-state index contributed by atoms with van der Waals surface area (Å²) in [5.41, 5.74) is 3.33. The number of aryl methyl sites for hydroxylation is 3. The quantitative estimate of drug-likeness (QED) is 0.783. The van der Waals surface area contributed by atoms with Gasteiger partial charge in [0.25, 0.3) is 0 Å². The minimum Gasteiger partial charge on any atom is -0.349 e. The van der Waals surface area contributed by atoms with Gasteiger partial charge in [0.1, 0.15) is 0 Å². The van der Waals surface area contributed by atoms with Crippen LogP contribution in [0.15, 0.2) is 36.4 Å². The number of nitrogens with one attached hydrogen (secondary N) is 1. The van der Waals surface area contributed by atoms with Crippen molar-refractivity contribution in [2.45, 2.75) is 71.4 Å². The van der Waals surface area contributed by atoms with Crippen LogP contribution in [0.1, 0.15) is 67.9 Å². The van der Waals surface area contributed by atoms with Gasteiger partial charge in [0.05, 0.1) is 11.7 Å². The van der Waals surface area contributed by atoms with Crippen molar-refractivity contribution in [1.29, 1.82) is 0 Å². The molecule has 1 aliphatic carbocycles. The zero-order valence-corrected chi connectivity index (χ0v) is 16.1. The minimum absolute atomic E-state index is 0.113. The highest BCUT2D eigenvalue weighted by atomic mass is 16.1. The second-order valence-corrected chi connectivity index (χ2v) is 7.67. The van der Waals surface area contributed by atoms with Crippen LogP contribution in [0.2, 0.25) is 0 Å². The zero-order chi connectivity index (χ0) is 18.4. The molecule has 0 radical (unpaired) electrons. The van der Waals surface area contributed by atoms with E-state index in [2.05, 4.69) is 34.7 Å². The van der Waals surface area contributed by atoms with E-state index in [9.17, 15) is 4.79 Å². The SMILES string of the molecule is Cc1cc(C)n(CCC(=O)NC(CC2CCCCC2)c2ccccc2)n1. The molecular weight excluding hydrogens is 322 g/mol. The van der Waals surface area contributed by atoms with E-state index in [1.165, 1.54) is 37.7 Å². The largest absolute Gasteiger partial charge is 0.349 e. The number of rotatable bonds is 7. The van der Waals surface area contributed by atoms with Gasteiger partial charge in [-0.15, -0.1) is 0 Å². The van der Waals surface area contributed by atoms with Gasteiger partial charge in [0, 0.05) is 18.7 Å². The standard InChI is InChI=1S/C22H31N3O/c1-17-15-18(2)25(24-17)14-13-22(26)23-21(20-11-7-4-8-12-20)16-19-9-5-3-6-10-19/h4,7-8,11-12,15,19,21H,3,5-6,9-10,13-14,16H2,1-2H3,(H,23,26). The summed E-state index contributed by atoms with van der Waals surface area (Å²) in [5, 5.41) is 7.75. The van der Waals surface area contributed by atoms with Gasteiger partial charge in [-0.3, -0.25) is 9.48 Å². The van der Waals surface area contributed by atoms with Crippen LogP contribution in [0.5, 0.6) is 0 Å². The molecule has 1 saturated carbocycles. The number of hydrogen-bond donors (Lipinski definition) is 1. The maximum Gasteiger partial charge on any atom is 0.222 e. The van der Waals surface area contributed by atoms with Crippen molar-refractivity contribution in [1.82, 2.24) is 15.1 Å². The molecule has 1 aromatic heterocycles. The summed E-state index contributed by atoms with van der Waals surface area (Å²) in [6, 6.07) is 12.6. The smallest absolute Gasteiger partial charge is 0.222 e. The van der Waals surface area contributed by atoms with Crippen molar-refractivity contribution < 1.29 is 4.79 Å². The molecule has 0 aliphatic heterocycles. The van der Waals surface area contributed by atoms with Crippen molar-refractivity contribution in [2.24, 2.45) is 5.92 Å². The summed E-state index contributed by atoms with van der Waals surface area (Å²) in [4.78, 5) is 12.6. The Labute approximate surface area is 157 Å². The van der Waals surface area contributed by atoms with Gasteiger partial charge in [-0.25, -0.2) is 0 Å². The summed E-state index contributed by atoms with van der Waals surface area (Å²) in [5.74, 6) is 0.840. The minimum atomic E-state index is 0.113. The maximum absolute atomic E-state index is 12.6. The highest BCUT2D eigenvalue weighted by Gasteiger charge is 2.21. The van der Waals surface area contributed by atoms with Gasteiger partial charge < -0.3 is 5.32 Å².